The molecule has 6 nitrogen and oxygen atoms in total. The van der Waals surface area contributed by atoms with Crippen LogP contribution in [0.4, 0.5) is 4.39 Å². The number of nitrogens with zero attached hydrogens (tertiary/aromatic N) is 4. The van der Waals surface area contributed by atoms with Crippen molar-refractivity contribution in [2.45, 2.75) is 6.04 Å². The molecule has 0 radical (unpaired) electrons. The van der Waals surface area contributed by atoms with Gasteiger partial charge < -0.3 is 10.3 Å². The van der Waals surface area contributed by atoms with Gasteiger partial charge >= 0.3 is 0 Å². The summed E-state index contributed by atoms with van der Waals surface area (Å²) in [6, 6.07) is 13.2. The van der Waals surface area contributed by atoms with Crippen molar-refractivity contribution in [1.82, 2.24) is 13.9 Å². The minimum Gasteiger partial charge on any atom is -0.369 e. The molecule has 2 atom stereocenters. The standard InChI is InChI=1S/C22H20FN5OS2/c1-27-11-10-25-21(27)14-8-6-13(7-9-14)15-4-3-5-16-18(23)20(30-19(15)16)17-12-31(29)28(2)22(24)26-17/h3-11,17H,12H2,1-2H3,(H2,24,26). The van der Waals surface area contributed by atoms with Crippen LogP contribution in [0.2, 0.25) is 0 Å². The van der Waals surface area contributed by atoms with Crippen molar-refractivity contribution in [3.8, 4) is 22.5 Å². The van der Waals surface area contributed by atoms with Crippen molar-refractivity contribution >= 4 is 38.4 Å². The van der Waals surface area contributed by atoms with Crippen LogP contribution < -0.4 is 5.73 Å². The molecule has 31 heavy (non-hydrogen) atoms. The zero-order valence-corrected chi connectivity index (χ0v) is 18.6. The number of aliphatic imine (C=N–C) groups is 1. The Balaban J connectivity index is 1.58. The number of guanidine groups is 1. The SMILES string of the molecule is CN1C(N)=NC(c2sc3c(-c4ccc(-c5nccn5C)cc4)cccc3c2F)CS1=O. The number of aromatic nitrogens is 2. The Labute approximate surface area is 185 Å². The third-order valence-electron chi connectivity index (χ3n) is 5.47. The van der Waals surface area contributed by atoms with Gasteiger partial charge in [-0.15, -0.1) is 11.3 Å². The zero-order valence-electron chi connectivity index (χ0n) is 16.9. The van der Waals surface area contributed by atoms with Crippen LogP contribution in [0.5, 0.6) is 0 Å². The van der Waals surface area contributed by atoms with Gasteiger partial charge in [-0.1, -0.05) is 42.5 Å². The van der Waals surface area contributed by atoms with Crippen molar-refractivity contribution in [2.75, 3.05) is 12.8 Å². The van der Waals surface area contributed by atoms with Crippen LogP contribution in [0.25, 0.3) is 32.6 Å². The topological polar surface area (TPSA) is 76.5 Å². The molecule has 0 saturated heterocycles. The third kappa shape index (κ3) is 3.34. The second-order valence-electron chi connectivity index (χ2n) is 7.39. The summed E-state index contributed by atoms with van der Waals surface area (Å²) in [6.07, 6.45) is 3.68. The van der Waals surface area contributed by atoms with Crippen LogP contribution in [0, 0.1) is 5.82 Å². The van der Waals surface area contributed by atoms with E-state index >= 15 is 4.39 Å². The van der Waals surface area contributed by atoms with E-state index in [9.17, 15) is 4.21 Å². The Hall–Kier alpha value is -3.04. The van der Waals surface area contributed by atoms with Crippen LogP contribution in [0.15, 0.2) is 59.9 Å². The van der Waals surface area contributed by atoms with Gasteiger partial charge in [0, 0.05) is 42.1 Å². The number of aryl methyl sites for hydroxylation is 1. The van der Waals surface area contributed by atoms with E-state index in [1.54, 1.807) is 19.3 Å². The fraction of sp³-hybridized carbons (Fsp3) is 0.182. The van der Waals surface area contributed by atoms with Gasteiger partial charge in [0.1, 0.15) is 28.7 Å². The molecule has 0 amide bonds. The lowest BCUT2D eigenvalue weighted by Gasteiger charge is -2.25. The Morgan fingerprint density at radius 2 is 1.90 bits per heavy atom. The quantitative estimate of drug-likeness (QED) is 0.508. The van der Waals surface area contributed by atoms with Crippen LogP contribution >= 0.6 is 11.3 Å². The van der Waals surface area contributed by atoms with E-state index in [2.05, 4.69) is 9.98 Å². The second-order valence-corrected chi connectivity index (χ2v) is 9.97. The molecule has 0 aliphatic carbocycles. The summed E-state index contributed by atoms with van der Waals surface area (Å²) >= 11 is 1.35. The smallest absolute Gasteiger partial charge is 0.203 e. The van der Waals surface area contributed by atoms with Crippen molar-refractivity contribution in [1.29, 1.82) is 0 Å². The first kappa shape index (κ1) is 19.9. The first-order valence-corrected chi connectivity index (χ1v) is 11.8. The van der Waals surface area contributed by atoms with Crippen LogP contribution in [0.3, 0.4) is 0 Å². The van der Waals surface area contributed by atoms with Crippen LogP contribution in [0.1, 0.15) is 10.9 Å². The molecule has 5 rings (SSSR count). The molecule has 2 aromatic heterocycles. The van der Waals surface area contributed by atoms with E-state index < -0.39 is 17.0 Å². The summed E-state index contributed by atoms with van der Waals surface area (Å²) < 4.78 is 31.9. The molecule has 0 spiro atoms. The summed E-state index contributed by atoms with van der Waals surface area (Å²) in [5, 5.41) is 0.546. The highest BCUT2D eigenvalue weighted by molar-refractivity contribution is 7.83. The Kier molecular flexibility index (Phi) is 4.86. The lowest BCUT2D eigenvalue weighted by atomic mass is 10.0. The summed E-state index contributed by atoms with van der Waals surface area (Å²) in [4.78, 5) is 9.24. The molecule has 9 heteroatoms. The summed E-state index contributed by atoms with van der Waals surface area (Å²) in [5.41, 5.74) is 8.84. The Morgan fingerprint density at radius 3 is 2.58 bits per heavy atom. The maximum Gasteiger partial charge on any atom is 0.203 e. The first-order chi connectivity index (χ1) is 14.9. The predicted octanol–water partition coefficient (Wildman–Crippen LogP) is 4.07. The van der Waals surface area contributed by atoms with E-state index in [1.807, 2.05) is 54.2 Å². The highest BCUT2D eigenvalue weighted by Crippen LogP contribution is 2.41. The molecule has 1 aliphatic rings. The van der Waals surface area contributed by atoms with Crippen molar-refractivity contribution in [2.24, 2.45) is 17.8 Å². The molecule has 2 N–H and O–H groups in total. The molecule has 2 unspecified atom stereocenters. The largest absolute Gasteiger partial charge is 0.369 e. The number of nitrogens with two attached hydrogens (primary N) is 1. The molecule has 3 heterocycles. The van der Waals surface area contributed by atoms with Crippen molar-refractivity contribution in [3.05, 3.63) is 65.6 Å². The molecule has 1 aliphatic heterocycles. The van der Waals surface area contributed by atoms with E-state index in [-0.39, 0.29) is 17.5 Å². The first-order valence-electron chi connectivity index (χ1n) is 9.68. The molecule has 2 aromatic carbocycles. The van der Waals surface area contributed by atoms with E-state index in [4.69, 9.17) is 5.73 Å². The number of fused-ring (bicyclic) bond motifs is 1. The van der Waals surface area contributed by atoms with Gasteiger partial charge in [-0.25, -0.2) is 18.6 Å². The van der Waals surface area contributed by atoms with Crippen molar-refractivity contribution < 1.29 is 8.60 Å². The minimum absolute atomic E-state index is 0.163. The highest BCUT2D eigenvalue weighted by atomic mass is 32.2. The van der Waals surface area contributed by atoms with Crippen LogP contribution in [-0.4, -0.2) is 36.8 Å². The lowest BCUT2D eigenvalue weighted by molar-refractivity contribution is 0.592. The number of benzene rings is 2. The third-order valence-corrected chi connectivity index (χ3v) is 8.19. The molecule has 4 aromatic rings. The van der Waals surface area contributed by atoms with Gasteiger partial charge in [0.05, 0.1) is 10.6 Å². The van der Waals surface area contributed by atoms with Gasteiger partial charge in [0.25, 0.3) is 0 Å². The van der Waals surface area contributed by atoms with Gasteiger partial charge in [-0.2, -0.15) is 0 Å². The maximum atomic E-state index is 15.3. The summed E-state index contributed by atoms with van der Waals surface area (Å²) in [7, 11) is 2.25. The second kappa shape index (κ2) is 7.58. The Bertz CT molecular complexity index is 1340. The average Bonchev–Trinajstić information content (AvgIpc) is 3.35. The molecular weight excluding hydrogens is 433 g/mol. The van der Waals surface area contributed by atoms with Gasteiger partial charge in [-0.05, 0) is 11.1 Å². The van der Waals surface area contributed by atoms with E-state index in [0.717, 1.165) is 27.2 Å². The Morgan fingerprint density at radius 1 is 1.16 bits per heavy atom. The average molecular weight is 454 g/mol. The lowest BCUT2D eigenvalue weighted by Crippen LogP contribution is -2.41. The molecule has 158 valence electrons. The predicted molar refractivity (Wildman–Crippen MR) is 125 cm³/mol. The number of halogens is 1. The maximum absolute atomic E-state index is 15.3. The van der Waals surface area contributed by atoms with Gasteiger partial charge in [0.2, 0.25) is 5.96 Å². The number of rotatable bonds is 3. The fourth-order valence-corrected chi connectivity index (χ4v) is 6.11. The van der Waals surface area contributed by atoms with Gasteiger partial charge in [-0.3, -0.25) is 4.31 Å². The number of hydrogen-bond donors (Lipinski definition) is 1. The highest BCUT2D eigenvalue weighted by Gasteiger charge is 2.29. The van der Waals surface area contributed by atoms with Crippen LogP contribution in [-0.2, 0) is 18.0 Å². The molecule has 0 fully saturated rings. The summed E-state index contributed by atoms with van der Waals surface area (Å²) in [6.45, 7) is 0. The van der Waals surface area contributed by atoms with E-state index in [1.165, 1.54) is 15.6 Å². The van der Waals surface area contributed by atoms with Crippen molar-refractivity contribution in [3.63, 3.8) is 0 Å². The monoisotopic (exact) mass is 453 g/mol. The molecule has 0 bridgehead atoms. The normalized spacial score (nSPS) is 19.1. The minimum atomic E-state index is -1.33. The number of imidazole rings is 1. The molecule has 0 saturated carbocycles. The number of thiophene rings is 1. The number of hydrogen-bond acceptors (Lipinski definition) is 5. The van der Waals surface area contributed by atoms with Gasteiger partial charge in [0.15, 0.2) is 0 Å². The summed E-state index contributed by atoms with van der Waals surface area (Å²) in [5.74, 6) is 0.959. The molecular formula is C22H20FN5OS2. The fourth-order valence-electron chi connectivity index (χ4n) is 3.76. The zero-order chi connectivity index (χ0) is 21.7. The van der Waals surface area contributed by atoms with E-state index in [0.29, 0.717) is 10.3 Å².